The van der Waals surface area contributed by atoms with E-state index in [-0.39, 0.29) is 6.04 Å². The molecule has 0 bridgehead atoms. The number of benzene rings is 8. The molecule has 2 atom stereocenters. The molecule has 316 valence electrons. The third-order valence-corrected chi connectivity index (χ3v) is 14.4. The average molecular weight is 841 g/mol. The molecule has 0 spiro atoms. The molecule has 65 heavy (non-hydrogen) atoms. The highest BCUT2D eigenvalue weighted by molar-refractivity contribution is 6.10. The minimum atomic E-state index is 0.244. The van der Waals surface area contributed by atoms with E-state index < -0.39 is 0 Å². The maximum Gasteiger partial charge on any atom is 0.0658 e. The minimum absolute atomic E-state index is 0.244. The monoisotopic (exact) mass is 840 g/mol. The van der Waals surface area contributed by atoms with Crippen LogP contribution in [0.4, 0.5) is 28.4 Å². The second-order valence-electron chi connectivity index (χ2n) is 18.5. The molecule has 0 radical (unpaired) electrons. The molecule has 8 aromatic carbocycles. The minimum Gasteiger partial charge on any atom is -0.333 e. The van der Waals surface area contributed by atoms with E-state index in [4.69, 9.17) is 0 Å². The first kappa shape index (κ1) is 39.1. The quantitative estimate of drug-likeness (QED) is 0.166. The van der Waals surface area contributed by atoms with Crippen molar-refractivity contribution < 1.29 is 0 Å². The van der Waals surface area contributed by atoms with Crippen molar-refractivity contribution in [1.29, 1.82) is 0 Å². The lowest BCUT2D eigenvalue weighted by molar-refractivity contribution is 0.636. The summed E-state index contributed by atoms with van der Waals surface area (Å²) in [6.07, 6.45) is 6.92. The molecule has 2 aliphatic rings. The summed E-state index contributed by atoms with van der Waals surface area (Å²) in [5.41, 5.74) is 23.5. The number of fused-ring (bicyclic) bond motifs is 9. The number of hydrogen-bond donors (Lipinski definition) is 0. The molecule has 4 nitrogen and oxygen atoms in total. The molecule has 0 amide bonds. The Kier molecular flexibility index (Phi) is 8.87. The highest BCUT2D eigenvalue weighted by Gasteiger charge is 2.39. The van der Waals surface area contributed by atoms with Crippen LogP contribution in [0.1, 0.15) is 45.9 Å². The SMILES string of the molecule is Cc1cc(N2c3ccccc3C3=CC=CC(C)C32)c(C)cc1N(c1cc(C)c(-n2c3ccccc3c3ccccc32)cc1C)c1cc(C)c(-n2c3ccccc3c3ccccc32)cc1C. The van der Waals surface area contributed by atoms with Gasteiger partial charge in [0.1, 0.15) is 0 Å². The molecule has 2 unspecified atom stereocenters. The third kappa shape index (κ3) is 5.83. The fraction of sp³-hybridized carbons (Fsp3) is 0.148. The van der Waals surface area contributed by atoms with Crippen LogP contribution in [0.5, 0.6) is 0 Å². The molecule has 3 heterocycles. The maximum absolute atomic E-state index is 2.61. The van der Waals surface area contributed by atoms with Gasteiger partial charge in [0.2, 0.25) is 0 Å². The number of aromatic nitrogens is 2. The molecular weight excluding hydrogens is 789 g/mol. The molecule has 0 N–H and O–H groups in total. The van der Waals surface area contributed by atoms with Crippen LogP contribution in [-0.2, 0) is 0 Å². The fourth-order valence-electron chi connectivity index (χ4n) is 11.4. The van der Waals surface area contributed by atoms with E-state index in [0.717, 1.165) is 0 Å². The van der Waals surface area contributed by atoms with Crippen molar-refractivity contribution in [3.05, 3.63) is 215 Å². The van der Waals surface area contributed by atoms with Gasteiger partial charge >= 0.3 is 0 Å². The first-order valence-electron chi connectivity index (χ1n) is 23.1. The first-order valence-corrected chi connectivity index (χ1v) is 23.1. The second-order valence-corrected chi connectivity index (χ2v) is 18.5. The number of rotatable bonds is 6. The molecule has 1 aliphatic heterocycles. The number of nitrogens with zero attached hydrogens (tertiary/aromatic N) is 4. The molecule has 0 fully saturated rings. The Balaban J connectivity index is 1.07. The summed E-state index contributed by atoms with van der Waals surface area (Å²) in [5, 5.41) is 5.09. The van der Waals surface area contributed by atoms with E-state index in [2.05, 4.69) is 243 Å². The van der Waals surface area contributed by atoms with Gasteiger partial charge in [-0.15, -0.1) is 0 Å². The van der Waals surface area contributed by atoms with Crippen LogP contribution in [0.15, 0.2) is 176 Å². The number of aryl methyl sites for hydroxylation is 6. The van der Waals surface area contributed by atoms with Gasteiger partial charge in [0.25, 0.3) is 0 Å². The summed E-state index contributed by atoms with van der Waals surface area (Å²) in [4.78, 5) is 5.16. The maximum atomic E-state index is 2.61. The van der Waals surface area contributed by atoms with Gasteiger partial charge in [-0.05, 0) is 153 Å². The predicted molar refractivity (Wildman–Crippen MR) is 277 cm³/mol. The van der Waals surface area contributed by atoms with E-state index in [9.17, 15) is 0 Å². The van der Waals surface area contributed by atoms with Crippen molar-refractivity contribution in [3.8, 4) is 11.4 Å². The molecular formula is C61H52N4. The van der Waals surface area contributed by atoms with Crippen molar-refractivity contribution in [1.82, 2.24) is 9.13 Å². The summed E-state index contributed by atoms with van der Waals surface area (Å²) in [5.74, 6) is 0.371. The Labute approximate surface area is 381 Å². The second kappa shape index (κ2) is 14.8. The topological polar surface area (TPSA) is 16.3 Å². The van der Waals surface area contributed by atoms with Crippen LogP contribution >= 0.6 is 0 Å². The number of anilines is 5. The van der Waals surface area contributed by atoms with Gasteiger partial charge in [0.15, 0.2) is 0 Å². The molecule has 12 rings (SSSR count). The van der Waals surface area contributed by atoms with Crippen molar-refractivity contribution in [2.45, 2.75) is 54.5 Å². The van der Waals surface area contributed by atoms with Crippen LogP contribution < -0.4 is 9.80 Å². The summed E-state index contributed by atoms with van der Waals surface area (Å²) in [6, 6.07) is 59.0. The van der Waals surface area contributed by atoms with Crippen molar-refractivity contribution in [3.63, 3.8) is 0 Å². The standard InChI is InChI=1S/C61H52N4/c1-37-19-18-25-49-48-24-12-17-30-54(48)65(61(37)49)60-36-42(6)59(35-43(60)7)64(57-33-38(2)55(31-40(57)4)62-50-26-13-8-20-44(50)45-21-9-14-27-51(45)62)58-34-39(3)56(32-41(58)5)63-52-28-15-10-22-46(52)47-23-11-16-29-53(47)63/h8-37,61H,1-7H3. The third-order valence-electron chi connectivity index (χ3n) is 14.4. The predicted octanol–water partition coefficient (Wildman–Crippen LogP) is 16.3. The summed E-state index contributed by atoms with van der Waals surface area (Å²) < 4.78 is 4.92. The van der Waals surface area contributed by atoms with Crippen molar-refractivity contribution in [2.24, 2.45) is 5.92 Å². The number of para-hydroxylation sites is 5. The van der Waals surface area contributed by atoms with Crippen molar-refractivity contribution in [2.75, 3.05) is 9.80 Å². The Morgan fingerprint density at radius 3 is 1.25 bits per heavy atom. The molecule has 4 heteroatoms. The summed E-state index contributed by atoms with van der Waals surface area (Å²) >= 11 is 0. The van der Waals surface area contributed by atoms with E-state index >= 15 is 0 Å². The van der Waals surface area contributed by atoms with Crippen molar-refractivity contribution >= 4 is 77.6 Å². The highest BCUT2D eigenvalue weighted by Crippen LogP contribution is 2.52. The van der Waals surface area contributed by atoms with Crippen LogP contribution in [0.25, 0.3) is 60.6 Å². The molecule has 0 saturated carbocycles. The van der Waals surface area contributed by atoms with E-state index in [1.807, 2.05) is 0 Å². The lowest BCUT2D eigenvalue weighted by Crippen LogP contribution is -2.33. The molecule has 2 aromatic heterocycles. The van der Waals surface area contributed by atoms with E-state index in [1.54, 1.807) is 0 Å². The zero-order chi connectivity index (χ0) is 44.2. The highest BCUT2D eigenvalue weighted by atomic mass is 15.2. The van der Waals surface area contributed by atoms with Gasteiger partial charge in [0.05, 0.1) is 28.1 Å². The van der Waals surface area contributed by atoms with Gasteiger partial charge in [-0.1, -0.05) is 116 Å². The fourth-order valence-corrected chi connectivity index (χ4v) is 11.4. The Bertz CT molecular complexity index is 3390. The largest absolute Gasteiger partial charge is 0.333 e. The van der Waals surface area contributed by atoms with Gasteiger partial charge in [-0.3, -0.25) is 0 Å². The van der Waals surface area contributed by atoms with Crippen LogP contribution in [0.3, 0.4) is 0 Å². The molecule has 10 aromatic rings. The summed E-state index contributed by atoms with van der Waals surface area (Å²) in [6.45, 7) is 16.1. The van der Waals surface area contributed by atoms with Crippen LogP contribution in [-0.4, -0.2) is 15.2 Å². The first-order chi connectivity index (χ1) is 31.7. The Morgan fingerprint density at radius 1 is 0.400 bits per heavy atom. The lowest BCUT2D eigenvalue weighted by atomic mass is 9.88. The lowest BCUT2D eigenvalue weighted by Gasteiger charge is -2.36. The zero-order valence-electron chi connectivity index (χ0n) is 38.2. The van der Waals surface area contributed by atoms with E-state index in [0.29, 0.717) is 5.92 Å². The number of hydrogen-bond acceptors (Lipinski definition) is 2. The van der Waals surface area contributed by atoms with Crippen LogP contribution in [0, 0.1) is 47.5 Å². The summed E-state index contributed by atoms with van der Waals surface area (Å²) in [7, 11) is 0. The Morgan fingerprint density at radius 2 is 0.785 bits per heavy atom. The average Bonchev–Trinajstić information content (AvgIpc) is 3.96. The van der Waals surface area contributed by atoms with E-state index in [1.165, 1.54) is 128 Å². The molecule has 1 aliphatic carbocycles. The smallest absolute Gasteiger partial charge is 0.0658 e. The van der Waals surface area contributed by atoms with Gasteiger partial charge in [-0.25, -0.2) is 0 Å². The molecule has 0 saturated heterocycles. The van der Waals surface area contributed by atoms with Gasteiger partial charge < -0.3 is 18.9 Å². The van der Waals surface area contributed by atoms with Gasteiger partial charge in [0, 0.05) is 66.9 Å². The number of allylic oxidation sites excluding steroid dienone is 2. The van der Waals surface area contributed by atoms with Crippen LogP contribution in [0.2, 0.25) is 0 Å². The van der Waals surface area contributed by atoms with Gasteiger partial charge in [-0.2, -0.15) is 0 Å². The Hall–Kier alpha value is -7.56. The normalized spacial score (nSPS) is 15.6. The zero-order valence-corrected chi connectivity index (χ0v) is 38.2.